The maximum absolute atomic E-state index is 11.8. The summed E-state index contributed by atoms with van der Waals surface area (Å²) in [5.74, 6) is 0.495. The fraction of sp³-hybridized carbons (Fsp3) is 0.200. The van der Waals surface area contributed by atoms with E-state index in [9.17, 15) is 9.59 Å². The SMILES string of the molecule is CCN1C(=O)N/C(=C/C=C/c2ccc(OC)cc2)C1=O. The molecule has 104 valence electrons. The summed E-state index contributed by atoms with van der Waals surface area (Å²) in [5.41, 5.74) is 1.27. The maximum Gasteiger partial charge on any atom is 0.328 e. The van der Waals surface area contributed by atoms with Crippen LogP contribution in [0.5, 0.6) is 5.75 Å². The molecule has 1 aliphatic heterocycles. The van der Waals surface area contributed by atoms with Crippen molar-refractivity contribution in [3.8, 4) is 5.75 Å². The Kier molecular flexibility index (Phi) is 4.20. The first-order chi connectivity index (χ1) is 9.65. The molecule has 0 aliphatic carbocycles. The molecule has 1 fully saturated rings. The highest BCUT2D eigenvalue weighted by atomic mass is 16.5. The molecule has 5 heteroatoms. The summed E-state index contributed by atoms with van der Waals surface area (Å²) in [4.78, 5) is 24.4. The lowest BCUT2D eigenvalue weighted by Crippen LogP contribution is -2.30. The third-order valence-corrected chi connectivity index (χ3v) is 2.95. The molecule has 1 aromatic carbocycles. The number of urea groups is 1. The second kappa shape index (κ2) is 6.06. The number of benzene rings is 1. The molecule has 1 N–H and O–H groups in total. The molecule has 20 heavy (non-hydrogen) atoms. The van der Waals surface area contributed by atoms with Gasteiger partial charge in [0, 0.05) is 6.54 Å². The summed E-state index contributed by atoms with van der Waals surface area (Å²) in [6, 6.07) is 7.15. The number of methoxy groups -OCH3 is 1. The fourth-order valence-corrected chi connectivity index (χ4v) is 1.84. The zero-order valence-electron chi connectivity index (χ0n) is 11.4. The Morgan fingerprint density at radius 1 is 1.25 bits per heavy atom. The third-order valence-electron chi connectivity index (χ3n) is 2.95. The summed E-state index contributed by atoms with van der Waals surface area (Å²) in [5, 5.41) is 2.54. The van der Waals surface area contributed by atoms with Crippen molar-refractivity contribution in [3.63, 3.8) is 0 Å². The Morgan fingerprint density at radius 3 is 2.50 bits per heavy atom. The number of likely N-dealkylation sites (N-methyl/N-ethyl adjacent to an activating group) is 1. The Labute approximate surface area is 117 Å². The van der Waals surface area contributed by atoms with Crippen molar-refractivity contribution in [1.29, 1.82) is 0 Å². The largest absolute Gasteiger partial charge is 0.497 e. The number of hydrogen-bond acceptors (Lipinski definition) is 3. The van der Waals surface area contributed by atoms with E-state index >= 15 is 0 Å². The first-order valence-electron chi connectivity index (χ1n) is 6.31. The summed E-state index contributed by atoms with van der Waals surface area (Å²) in [6.45, 7) is 2.12. The van der Waals surface area contributed by atoms with Crippen molar-refractivity contribution in [2.45, 2.75) is 6.92 Å². The van der Waals surface area contributed by atoms with E-state index in [1.165, 1.54) is 0 Å². The van der Waals surface area contributed by atoms with Gasteiger partial charge in [0.05, 0.1) is 7.11 Å². The van der Waals surface area contributed by atoms with Gasteiger partial charge in [0.1, 0.15) is 11.4 Å². The van der Waals surface area contributed by atoms with E-state index in [1.807, 2.05) is 30.3 Å². The molecule has 5 nitrogen and oxygen atoms in total. The third kappa shape index (κ3) is 2.88. The van der Waals surface area contributed by atoms with Crippen LogP contribution in [-0.4, -0.2) is 30.5 Å². The predicted molar refractivity (Wildman–Crippen MR) is 76.0 cm³/mol. The molecule has 2 rings (SSSR count). The van der Waals surface area contributed by atoms with E-state index in [-0.39, 0.29) is 11.9 Å². The van der Waals surface area contributed by atoms with Crippen LogP contribution in [0, 0.1) is 0 Å². The second-order valence-electron chi connectivity index (χ2n) is 4.19. The lowest BCUT2D eigenvalue weighted by Gasteiger charge is -2.05. The molecule has 0 unspecified atom stereocenters. The monoisotopic (exact) mass is 272 g/mol. The molecule has 1 saturated heterocycles. The van der Waals surface area contributed by atoms with Gasteiger partial charge >= 0.3 is 6.03 Å². The molecule has 1 aromatic rings. The van der Waals surface area contributed by atoms with E-state index in [4.69, 9.17) is 4.74 Å². The summed E-state index contributed by atoms with van der Waals surface area (Å²) < 4.78 is 5.07. The summed E-state index contributed by atoms with van der Waals surface area (Å²) in [7, 11) is 1.61. The molecule has 1 aliphatic rings. The zero-order valence-corrected chi connectivity index (χ0v) is 11.4. The minimum Gasteiger partial charge on any atom is -0.497 e. The first-order valence-corrected chi connectivity index (χ1v) is 6.31. The van der Waals surface area contributed by atoms with Gasteiger partial charge in [-0.05, 0) is 30.7 Å². The van der Waals surface area contributed by atoms with Crippen LogP contribution in [0.15, 0.2) is 42.1 Å². The molecule has 1 heterocycles. The van der Waals surface area contributed by atoms with Crippen molar-refractivity contribution >= 4 is 18.0 Å². The topological polar surface area (TPSA) is 58.6 Å². The predicted octanol–water partition coefficient (Wildman–Crippen LogP) is 2.16. The number of amides is 3. The van der Waals surface area contributed by atoms with Crippen molar-refractivity contribution in [2.75, 3.05) is 13.7 Å². The van der Waals surface area contributed by atoms with E-state index in [1.54, 1.807) is 26.2 Å². The number of nitrogens with one attached hydrogen (secondary N) is 1. The van der Waals surface area contributed by atoms with Gasteiger partial charge in [-0.1, -0.05) is 24.3 Å². The number of ether oxygens (including phenoxy) is 1. The Hall–Kier alpha value is -2.56. The van der Waals surface area contributed by atoms with Gasteiger partial charge in [-0.25, -0.2) is 4.79 Å². The summed E-state index contributed by atoms with van der Waals surface area (Å²) >= 11 is 0. The van der Waals surface area contributed by atoms with Gasteiger partial charge in [0.15, 0.2) is 0 Å². The maximum atomic E-state index is 11.8. The minimum absolute atomic E-state index is 0.293. The van der Waals surface area contributed by atoms with E-state index in [0.717, 1.165) is 16.2 Å². The van der Waals surface area contributed by atoms with E-state index in [0.29, 0.717) is 12.2 Å². The fourth-order valence-electron chi connectivity index (χ4n) is 1.84. The number of carbonyl (C=O) groups excluding carboxylic acids is 2. The van der Waals surface area contributed by atoms with Gasteiger partial charge < -0.3 is 10.1 Å². The average Bonchev–Trinajstić information content (AvgIpc) is 2.74. The highest BCUT2D eigenvalue weighted by molar-refractivity contribution is 6.11. The molecule has 0 spiro atoms. The number of nitrogens with zero attached hydrogens (tertiary/aromatic N) is 1. The average molecular weight is 272 g/mol. The highest BCUT2D eigenvalue weighted by Crippen LogP contribution is 2.13. The van der Waals surface area contributed by atoms with Crippen molar-refractivity contribution < 1.29 is 14.3 Å². The number of allylic oxidation sites excluding steroid dienone is 2. The van der Waals surface area contributed by atoms with Crippen LogP contribution in [0.2, 0.25) is 0 Å². The lowest BCUT2D eigenvalue weighted by molar-refractivity contribution is -0.122. The number of hydrogen-bond donors (Lipinski definition) is 1. The Balaban J connectivity index is 2.07. The Morgan fingerprint density at radius 2 is 1.95 bits per heavy atom. The standard InChI is InChI=1S/C15H16N2O3/c1-3-17-14(18)13(16-15(17)19)6-4-5-11-7-9-12(20-2)10-8-11/h4-10H,3H2,1-2H3,(H,16,19)/b5-4+,13-6+. The molecular formula is C15H16N2O3. The van der Waals surface area contributed by atoms with Gasteiger partial charge in [-0.3, -0.25) is 9.69 Å². The van der Waals surface area contributed by atoms with Gasteiger partial charge in [-0.2, -0.15) is 0 Å². The van der Waals surface area contributed by atoms with E-state index < -0.39 is 0 Å². The molecule has 0 radical (unpaired) electrons. The number of imide groups is 1. The smallest absolute Gasteiger partial charge is 0.328 e. The number of carbonyl (C=O) groups is 2. The quantitative estimate of drug-likeness (QED) is 0.675. The van der Waals surface area contributed by atoms with Crippen LogP contribution in [-0.2, 0) is 4.79 Å². The molecule has 0 aromatic heterocycles. The molecular weight excluding hydrogens is 256 g/mol. The van der Waals surface area contributed by atoms with Crippen LogP contribution in [0.1, 0.15) is 12.5 Å². The van der Waals surface area contributed by atoms with Crippen LogP contribution in [0.25, 0.3) is 6.08 Å². The molecule has 0 atom stereocenters. The van der Waals surface area contributed by atoms with Crippen molar-refractivity contribution in [3.05, 3.63) is 47.7 Å². The zero-order chi connectivity index (χ0) is 14.5. The van der Waals surface area contributed by atoms with Crippen molar-refractivity contribution in [1.82, 2.24) is 10.2 Å². The van der Waals surface area contributed by atoms with Crippen molar-refractivity contribution in [2.24, 2.45) is 0 Å². The minimum atomic E-state index is -0.374. The van der Waals surface area contributed by atoms with Gasteiger partial charge in [-0.15, -0.1) is 0 Å². The summed E-state index contributed by atoms with van der Waals surface area (Å²) in [6.07, 6.45) is 5.18. The van der Waals surface area contributed by atoms with Crippen LogP contribution >= 0.6 is 0 Å². The molecule has 3 amide bonds. The molecule has 0 bridgehead atoms. The van der Waals surface area contributed by atoms with Crippen LogP contribution in [0.4, 0.5) is 4.79 Å². The Bertz CT molecular complexity index is 573. The number of rotatable bonds is 4. The highest BCUT2D eigenvalue weighted by Gasteiger charge is 2.31. The normalized spacial score (nSPS) is 17.1. The van der Waals surface area contributed by atoms with E-state index in [2.05, 4.69) is 5.32 Å². The van der Waals surface area contributed by atoms with Crippen LogP contribution < -0.4 is 10.1 Å². The lowest BCUT2D eigenvalue weighted by atomic mass is 10.2. The molecule has 0 saturated carbocycles. The van der Waals surface area contributed by atoms with Gasteiger partial charge in [0.25, 0.3) is 5.91 Å². The first kappa shape index (κ1) is 13.9. The second-order valence-corrected chi connectivity index (χ2v) is 4.19. The van der Waals surface area contributed by atoms with Gasteiger partial charge in [0.2, 0.25) is 0 Å². The van der Waals surface area contributed by atoms with Crippen LogP contribution in [0.3, 0.4) is 0 Å².